The van der Waals surface area contributed by atoms with Crippen molar-refractivity contribution in [2.24, 2.45) is 0 Å². The van der Waals surface area contributed by atoms with E-state index in [4.69, 9.17) is 10.5 Å². The Morgan fingerprint density at radius 1 is 1.40 bits per heavy atom. The summed E-state index contributed by atoms with van der Waals surface area (Å²) in [5.41, 5.74) is 6.19. The van der Waals surface area contributed by atoms with Crippen LogP contribution in [0.1, 0.15) is 16.8 Å². The smallest absolute Gasteiger partial charge is 0.251 e. The lowest BCUT2D eigenvalue weighted by molar-refractivity contribution is 0.0374. The number of carbonyl (C=O) groups excluding carboxylic acids is 1. The van der Waals surface area contributed by atoms with Crippen molar-refractivity contribution in [1.82, 2.24) is 10.2 Å². The summed E-state index contributed by atoms with van der Waals surface area (Å²) in [6, 6.07) is 4.51. The highest BCUT2D eigenvalue weighted by atomic mass is 16.5. The fraction of sp³-hybridized carbons (Fsp3) is 0.500. The summed E-state index contributed by atoms with van der Waals surface area (Å²) < 4.78 is 5.28. The minimum atomic E-state index is -0.192. The van der Waals surface area contributed by atoms with Gasteiger partial charge in [0.25, 0.3) is 5.91 Å². The summed E-state index contributed by atoms with van der Waals surface area (Å²) in [6.07, 6.45) is 0.896. The fourth-order valence-electron chi connectivity index (χ4n) is 2.12. The zero-order valence-electron chi connectivity index (χ0n) is 11.5. The van der Waals surface area contributed by atoms with E-state index < -0.39 is 0 Å². The zero-order chi connectivity index (χ0) is 14.4. The van der Waals surface area contributed by atoms with Gasteiger partial charge in [-0.25, -0.2) is 0 Å². The van der Waals surface area contributed by atoms with Crippen LogP contribution in [0.15, 0.2) is 18.2 Å². The predicted octanol–water partition coefficient (Wildman–Crippen LogP) is 0.427. The molecule has 1 fully saturated rings. The van der Waals surface area contributed by atoms with Gasteiger partial charge in [0.1, 0.15) is 5.75 Å². The van der Waals surface area contributed by atoms with E-state index in [1.54, 1.807) is 6.07 Å². The van der Waals surface area contributed by atoms with Gasteiger partial charge in [-0.05, 0) is 31.2 Å². The SMILES string of the molecule is Nc1ccc(C(=O)NCCCN2CCOCC2)cc1O. The number of hydrogen-bond donors (Lipinski definition) is 3. The molecule has 0 saturated carbocycles. The lowest BCUT2D eigenvalue weighted by Crippen LogP contribution is -2.38. The first-order valence-electron chi connectivity index (χ1n) is 6.83. The van der Waals surface area contributed by atoms with Crippen LogP contribution in [0.4, 0.5) is 5.69 Å². The van der Waals surface area contributed by atoms with E-state index in [2.05, 4.69) is 10.2 Å². The Morgan fingerprint density at radius 2 is 2.15 bits per heavy atom. The van der Waals surface area contributed by atoms with Gasteiger partial charge in [0.15, 0.2) is 0 Å². The number of aromatic hydroxyl groups is 1. The molecule has 0 aliphatic carbocycles. The summed E-state index contributed by atoms with van der Waals surface area (Å²) in [6.45, 7) is 5.06. The number of hydrogen-bond acceptors (Lipinski definition) is 5. The van der Waals surface area contributed by atoms with E-state index >= 15 is 0 Å². The third kappa shape index (κ3) is 4.11. The van der Waals surface area contributed by atoms with Crippen LogP contribution in [0.5, 0.6) is 5.75 Å². The summed E-state index contributed by atoms with van der Waals surface area (Å²) in [5, 5.41) is 12.3. The second-order valence-corrected chi connectivity index (χ2v) is 4.84. The molecule has 0 atom stereocenters. The maximum Gasteiger partial charge on any atom is 0.251 e. The highest BCUT2D eigenvalue weighted by molar-refractivity contribution is 5.95. The lowest BCUT2D eigenvalue weighted by Gasteiger charge is -2.26. The van der Waals surface area contributed by atoms with Crippen LogP contribution in [0.3, 0.4) is 0 Å². The molecule has 6 nitrogen and oxygen atoms in total. The minimum Gasteiger partial charge on any atom is -0.506 e. The number of benzene rings is 1. The fourth-order valence-corrected chi connectivity index (χ4v) is 2.12. The number of nitrogens with two attached hydrogens (primary N) is 1. The number of phenols is 1. The lowest BCUT2D eigenvalue weighted by atomic mass is 10.2. The number of nitrogens with zero attached hydrogens (tertiary/aromatic N) is 1. The normalized spacial score (nSPS) is 16.0. The van der Waals surface area contributed by atoms with E-state index in [1.807, 2.05) is 0 Å². The van der Waals surface area contributed by atoms with Gasteiger partial charge in [-0.15, -0.1) is 0 Å². The van der Waals surface area contributed by atoms with Gasteiger partial charge in [0.2, 0.25) is 0 Å². The van der Waals surface area contributed by atoms with Crippen LogP contribution in [-0.2, 0) is 4.74 Å². The highest BCUT2D eigenvalue weighted by Gasteiger charge is 2.10. The molecular formula is C14H21N3O3. The number of morpholine rings is 1. The first-order valence-corrected chi connectivity index (χ1v) is 6.83. The summed E-state index contributed by atoms with van der Waals surface area (Å²) in [7, 11) is 0. The molecule has 1 aromatic carbocycles. The van der Waals surface area contributed by atoms with Gasteiger partial charge in [-0.1, -0.05) is 0 Å². The van der Waals surface area contributed by atoms with Crippen molar-refractivity contribution >= 4 is 11.6 Å². The summed E-state index contributed by atoms with van der Waals surface area (Å²) in [4.78, 5) is 14.2. The van der Waals surface area contributed by atoms with E-state index in [-0.39, 0.29) is 17.3 Å². The molecule has 0 aromatic heterocycles. The molecule has 1 aliphatic heterocycles. The van der Waals surface area contributed by atoms with Crippen LogP contribution < -0.4 is 11.1 Å². The maximum atomic E-state index is 11.9. The van der Waals surface area contributed by atoms with E-state index in [1.165, 1.54) is 12.1 Å². The molecule has 6 heteroatoms. The topological polar surface area (TPSA) is 87.8 Å². The van der Waals surface area contributed by atoms with Crippen molar-refractivity contribution in [3.05, 3.63) is 23.8 Å². The van der Waals surface area contributed by atoms with Gasteiger partial charge < -0.3 is 20.9 Å². The van der Waals surface area contributed by atoms with Crippen molar-refractivity contribution < 1.29 is 14.6 Å². The van der Waals surface area contributed by atoms with E-state index in [0.717, 1.165) is 39.3 Å². The Bertz CT molecular complexity index is 459. The van der Waals surface area contributed by atoms with Gasteiger partial charge in [-0.2, -0.15) is 0 Å². The number of amides is 1. The van der Waals surface area contributed by atoms with Crippen molar-refractivity contribution in [1.29, 1.82) is 0 Å². The molecule has 0 spiro atoms. The van der Waals surface area contributed by atoms with Crippen LogP contribution in [-0.4, -0.2) is 55.3 Å². The Morgan fingerprint density at radius 3 is 2.85 bits per heavy atom. The van der Waals surface area contributed by atoms with Crippen LogP contribution in [0.25, 0.3) is 0 Å². The predicted molar refractivity (Wildman–Crippen MR) is 76.7 cm³/mol. The molecule has 0 bridgehead atoms. The first-order chi connectivity index (χ1) is 9.66. The Kier molecular flexibility index (Phi) is 5.20. The number of anilines is 1. The second kappa shape index (κ2) is 7.12. The number of nitrogen functional groups attached to an aromatic ring is 1. The van der Waals surface area contributed by atoms with Gasteiger partial charge in [0.05, 0.1) is 18.9 Å². The van der Waals surface area contributed by atoms with E-state index in [0.29, 0.717) is 12.1 Å². The van der Waals surface area contributed by atoms with Crippen molar-refractivity contribution in [3.63, 3.8) is 0 Å². The molecule has 1 saturated heterocycles. The third-order valence-corrected chi connectivity index (χ3v) is 3.33. The van der Waals surface area contributed by atoms with E-state index in [9.17, 15) is 9.90 Å². The monoisotopic (exact) mass is 279 g/mol. The van der Waals surface area contributed by atoms with Crippen molar-refractivity contribution in [2.45, 2.75) is 6.42 Å². The number of carbonyl (C=O) groups is 1. The maximum absolute atomic E-state index is 11.9. The van der Waals surface area contributed by atoms with Gasteiger partial charge >= 0.3 is 0 Å². The average Bonchev–Trinajstić information content (AvgIpc) is 2.47. The largest absolute Gasteiger partial charge is 0.506 e. The quantitative estimate of drug-likeness (QED) is 0.413. The third-order valence-electron chi connectivity index (χ3n) is 3.33. The number of phenolic OH excluding ortho intramolecular Hbond substituents is 1. The second-order valence-electron chi connectivity index (χ2n) is 4.84. The molecule has 1 aromatic rings. The Hall–Kier alpha value is -1.79. The molecule has 2 rings (SSSR count). The van der Waals surface area contributed by atoms with Crippen molar-refractivity contribution in [2.75, 3.05) is 45.1 Å². The zero-order valence-corrected chi connectivity index (χ0v) is 11.5. The molecule has 1 aliphatic rings. The summed E-state index contributed by atoms with van der Waals surface area (Å²) in [5.74, 6) is -0.256. The molecular weight excluding hydrogens is 258 g/mol. The molecule has 1 amide bonds. The highest BCUT2D eigenvalue weighted by Crippen LogP contribution is 2.20. The summed E-state index contributed by atoms with van der Waals surface area (Å²) >= 11 is 0. The number of nitrogens with one attached hydrogen (secondary N) is 1. The minimum absolute atomic E-state index is 0.0639. The molecule has 110 valence electrons. The standard InChI is InChI=1S/C14H21N3O3/c15-12-3-2-11(10-13(12)18)14(19)16-4-1-5-17-6-8-20-9-7-17/h2-3,10,18H,1,4-9,15H2,(H,16,19). The molecule has 0 radical (unpaired) electrons. The van der Waals surface area contributed by atoms with Crippen molar-refractivity contribution in [3.8, 4) is 5.75 Å². The number of ether oxygens (including phenoxy) is 1. The molecule has 4 N–H and O–H groups in total. The first kappa shape index (κ1) is 14.6. The van der Waals surface area contributed by atoms with Crippen LogP contribution >= 0.6 is 0 Å². The van der Waals surface area contributed by atoms with Crippen LogP contribution in [0, 0.1) is 0 Å². The number of rotatable bonds is 5. The average molecular weight is 279 g/mol. The molecule has 0 unspecified atom stereocenters. The Labute approximate surface area is 118 Å². The van der Waals surface area contributed by atoms with Crippen LogP contribution in [0.2, 0.25) is 0 Å². The van der Waals surface area contributed by atoms with Gasteiger partial charge in [-0.3, -0.25) is 9.69 Å². The van der Waals surface area contributed by atoms with Gasteiger partial charge in [0, 0.05) is 25.2 Å². The molecule has 20 heavy (non-hydrogen) atoms. The Balaban J connectivity index is 1.70. The molecule has 1 heterocycles.